The fourth-order valence-corrected chi connectivity index (χ4v) is 4.94. The molecule has 4 rings (SSSR count). The number of rotatable bonds is 6. The molecular formula is C21H26N4OS. The van der Waals surface area contributed by atoms with Crippen LogP contribution in [0.25, 0.3) is 10.2 Å². The van der Waals surface area contributed by atoms with Crippen molar-refractivity contribution < 1.29 is 4.79 Å². The fourth-order valence-electron chi connectivity index (χ4n) is 3.82. The van der Waals surface area contributed by atoms with E-state index in [9.17, 15) is 4.79 Å². The summed E-state index contributed by atoms with van der Waals surface area (Å²) in [6.45, 7) is 7.59. The number of nitrogens with one attached hydrogen (secondary N) is 1. The molecule has 142 valence electrons. The zero-order valence-electron chi connectivity index (χ0n) is 15.9. The Hall–Kier alpha value is -2.18. The maximum atomic E-state index is 13.2. The van der Waals surface area contributed by atoms with E-state index in [4.69, 9.17) is 5.10 Å². The van der Waals surface area contributed by atoms with Crippen molar-refractivity contribution >= 4 is 27.5 Å². The van der Waals surface area contributed by atoms with E-state index in [0.717, 1.165) is 59.8 Å². The van der Waals surface area contributed by atoms with Crippen molar-refractivity contribution in [2.75, 3.05) is 19.6 Å². The molecule has 1 aromatic carbocycles. The van der Waals surface area contributed by atoms with E-state index in [1.54, 1.807) is 11.3 Å². The number of aryl methyl sites for hydroxylation is 1. The van der Waals surface area contributed by atoms with Gasteiger partial charge in [-0.15, -0.1) is 11.3 Å². The topological polar surface area (TPSA) is 50.2 Å². The highest BCUT2D eigenvalue weighted by Gasteiger charge is 2.28. The van der Waals surface area contributed by atoms with Crippen molar-refractivity contribution in [3.05, 3.63) is 52.5 Å². The van der Waals surface area contributed by atoms with Gasteiger partial charge in [-0.2, -0.15) is 5.10 Å². The molecule has 1 N–H and O–H groups in total. The lowest BCUT2D eigenvalue weighted by molar-refractivity contribution is 0.0697. The van der Waals surface area contributed by atoms with Gasteiger partial charge in [-0.1, -0.05) is 37.3 Å². The Bertz CT molecular complexity index is 924. The van der Waals surface area contributed by atoms with Gasteiger partial charge in [0.05, 0.1) is 17.1 Å². The summed E-state index contributed by atoms with van der Waals surface area (Å²) in [4.78, 5) is 17.2. The minimum atomic E-state index is 0.164. The Labute approximate surface area is 164 Å². The lowest BCUT2D eigenvalue weighted by atomic mass is 10.2. The maximum absolute atomic E-state index is 13.2. The Balaban J connectivity index is 1.64. The Morgan fingerprint density at radius 2 is 2.19 bits per heavy atom. The number of hydrogen-bond donors (Lipinski definition) is 1. The van der Waals surface area contributed by atoms with Gasteiger partial charge in [0, 0.05) is 24.5 Å². The van der Waals surface area contributed by atoms with Gasteiger partial charge >= 0.3 is 0 Å². The van der Waals surface area contributed by atoms with Crippen LogP contribution in [0.3, 0.4) is 0 Å². The molecule has 0 aliphatic carbocycles. The van der Waals surface area contributed by atoms with Crippen LogP contribution in [0.5, 0.6) is 0 Å². The molecule has 3 aromatic rings. The van der Waals surface area contributed by atoms with Gasteiger partial charge in [0.25, 0.3) is 5.91 Å². The number of thiophene rings is 1. The van der Waals surface area contributed by atoms with Crippen LogP contribution in [0.2, 0.25) is 0 Å². The summed E-state index contributed by atoms with van der Waals surface area (Å²) in [7, 11) is 0. The number of aromatic nitrogens is 2. The molecule has 1 saturated heterocycles. The van der Waals surface area contributed by atoms with Gasteiger partial charge in [0.2, 0.25) is 0 Å². The highest BCUT2D eigenvalue weighted by molar-refractivity contribution is 7.20. The maximum Gasteiger partial charge on any atom is 0.264 e. The number of amides is 1. The minimum absolute atomic E-state index is 0.164. The number of benzene rings is 1. The predicted octanol–water partition coefficient (Wildman–Crippen LogP) is 3.67. The number of carbonyl (C=O) groups is 1. The van der Waals surface area contributed by atoms with Gasteiger partial charge in [-0.05, 0) is 37.9 Å². The summed E-state index contributed by atoms with van der Waals surface area (Å²) < 4.78 is 2.03. The molecule has 1 fully saturated rings. The molecule has 0 radical (unpaired) electrons. The molecular weight excluding hydrogens is 356 g/mol. The summed E-state index contributed by atoms with van der Waals surface area (Å²) in [6.07, 6.45) is 2.02. The molecule has 3 heterocycles. The monoisotopic (exact) mass is 382 g/mol. The normalized spacial score (nSPS) is 16.9. The fraction of sp³-hybridized carbons (Fsp3) is 0.429. The lowest BCUT2D eigenvalue weighted by Crippen LogP contribution is -2.41. The van der Waals surface area contributed by atoms with Crippen LogP contribution in [-0.2, 0) is 6.54 Å². The zero-order chi connectivity index (χ0) is 18.8. The smallest absolute Gasteiger partial charge is 0.264 e. The van der Waals surface area contributed by atoms with E-state index in [1.807, 2.05) is 35.9 Å². The highest BCUT2D eigenvalue weighted by atomic mass is 32.1. The average molecular weight is 383 g/mol. The second-order valence-electron chi connectivity index (χ2n) is 7.20. The molecule has 1 amide bonds. The summed E-state index contributed by atoms with van der Waals surface area (Å²) in [5, 5.41) is 9.17. The summed E-state index contributed by atoms with van der Waals surface area (Å²) >= 11 is 1.57. The van der Waals surface area contributed by atoms with E-state index >= 15 is 0 Å². The standard InChI is InChI=1S/C21H26N4OS/c1-3-11-24(17-9-10-22-13-17)20(26)19-12-18-15(2)23-25(21(18)27-19)14-16-7-5-4-6-8-16/h4-8,12,17,22H,3,9-11,13-14H2,1-2H3. The largest absolute Gasteiger partial charge is 0.334 e. The third kappa shape index (κ3) is 3.64. The van der Waals surface area contributed by atoms with Crippen molar-refractivity contribution in [3.8, 4) is 0 Å². The van der Waals surface area contributed by atoms with E-state index < -0.39 is 0 Å². The van der Waals surface area contributed by atoms with Crippen molar-refractivity contribution in [2.45, 2.75) is 39.3 Å². The Morgan fingerprint density at radius 1 is 1.37 bits per heavy atom. The Morgan fingerprint density at radius 3 is 2.89 bits per heavy atom. The van der Waals surface area contributed by atoms with Crippen LogP contribution in [0.15, 0.2) is 36.4 Å². The number of hydrogen-bond acceptors (Lipinski definition) is 4. The van der Waals surface area contributed by atoms with Crippen molar-refractivity contribution in [1.29, 1.82) is 0 Å². The summed E-state index contributed by atoms with van der Waals surface area (Å²) in [5.74, 6) is 0.164. The second kappa shape index (κ2) is 7.82. The van der Waals surface area contributed by atoms with E-state index in [2.05, 4.69) is 29.3 Å². The third-order valence-electron chi connectivity index (χ3n) is 5.19. The quantitative estimate of drug-likeness (QED) is 0.708. The third-order valence-corrected chi connectivity index (χ3v) is 6.33. The number of fused-ring (bicyclic) bond motifs is 1. The van der Waals surface area contributed by atoms with E-state index in [1.165, 1.54) is 5.56 Å². The molecule has 0 saturated carbocycles. The van der Waals surface area contributed by atoms with Gasteiger partial charge in [0.1, 0.15) is 4.83 Å². The van der Waals surface area contributed by atoms with Gasteiger partial charge in [0.15, 0.2) is 0 Å². The zero-order valence-corrected chi connectivity index (χ0v) is 16.8. The van der Waals surface area contributed by atoms with Crippen LogP contribution < -0.4 is 5.32 Å². The first kappa shape index (κ1) is 18.2. The molecule has 1 aliphatic heterocycles. The van der Waals surface area contributed by atoms with Crippen molar-refractivity contribution in [2.24, 2.45) is 0 Å². The molecule has 0 bridgehead atoms. The first-order chi connectivity index (χ1) is 13.2. The molecule has 1 aliphatic rings. The van der Waals surface area contributed by atoms with Gasteiger partial charge < -0.3 is 10.2 Å². The molecule has 1 atom stereocenters. The highest BCUT2D eigenvalue weighted by Crippen LogP contribution is 2.30. The predicted molar refractivity (Wildman–Crippen MR) is 110 cm³/mol. The van der Waals surface area contributed by atoms with Gasteiger partial charge in [-0.25, -0.2) is 0 Å². The second-order valence-corrected chi connectivity index (χ2v) is 8.23. The molecule has 27 heavy (non-hydrogen) atoms. The van der Waals surface area contributed by atoms with Gasteiger partial charge in [-0.3, -0.25) is 9.48 Å². The first-order valence-corrected chi connectivity index (χ1v) is 10.5. The average Bonchev–Trinajstić information content (AvgIpc) is 3.40. The van der Waals surface area contributed by atoms with Crippen LogP contribution in [0.4, 0.5) is 0 Å². The summed E-state index contributed by atoms with van der Waals surface area (Å²) in [5.41, 5.74) is 2.20. The lowest BCUT2D eigenvalue weighted by Gasteiger charge is -2.27. The molecule has 5 nitrogen and oxygen atoms in total. The number of nitrogens with zero attached hydrogens (tertiary/aromatic N) is 3. The van der Waals surface area contributed by atoms with Crippen LogP contribution >= 0.6 is 11.3 Å². The van der Waals surface area contributed by atoms with Crippen molar-refractivity contribution in [3.63, 3.8) is 0 Å². The minimum Gasteiger partial charge on any atom is -0.334 e. The van der Waals surface area contributed by atoms with Crippen LogP contribution in [-0.4, -0.2) is 46.3 Å². The first-order valence-electron chi connectivity index (χ1n) is 9.70. The summed E-state index contributed by atoms with van der Waals surface area (Å²) in [6, 6.07) is 12.7. The van der Waals surface area contributed by atoms with Crippen LogP contribution in [0, 0.1) is 6.92 Å². The molecule has 2 aromatic heterocycles. The van der Waals surface area contributed by atoms with Crippen LogP contribution in [0.1, 0.15) is 40.7 Å². The number of carbonyl (C=O) groups excluding carboxylic acids is 1. The Kier molecular flexibility index (Phi) is 5.27. The van der Waals surface area contributed by atoms with Crippen molar-refractivity contribution in [1.82, 2.24) is 20.0 Å². The molecule has 0 spiro atoms. The van der Waals surface area contributed by atoms with E-state index in [-0.39, 0.29) is 5.91 Å². The molecule has 1 unspecified atom stereocenters. The van der Waals surface area contributed by atoms with E-state index in [0.29, 0.717) is 6.04 Å². The molecule has 6 heteroatoms. The SMILES string of the molecule is CCCN(C(=O)c1cc2c(C)nn(Cc3ccccc3)c2s1)C1CCNC1.